The van der Waals surface area contributed by atoms with Crippen molar-refractivity contribution in [2.24, 2.45) is 5.92 Å². The maximum atomic E-state index is 12.1. The second-order valence-corrected chi connectivity index (χ2v) is 7.78. The summed E-state index contributed by atoms with van der Waals surface area (Å²) in [7, 11) is 3.25. The van der Waals surface area contributed by atoms with Gasteiger partial charge in [0.05, 0.1) is 14.2 Å². The number of ether oxygens (including phenoxy) is 2. The van der Waals surface area contributed by atoms with Crippen LogP contribution in [0.5, 0.6) is 11.5 Å². The molecule has 1 fully saturated rings. The Balaban J connectivity index is 1.31. The van der Waals surface area contributed by atoms with Gasteiger partial charge in [0.2, 0.25) is 0 Å². The Morgan fingerprint density at radius 1 is 0.967 bits per heavy atom. The molecule has 2 aromatic carbocycles. The lowest BCUT2D eigenvalue weighted by Gasteiger charge is -2.32. The summed E-state index contributed by atoms with van der Waals surface area (Å²) in [6.45, 7) is 4.50. The Labute approximate surface area is 179 Å². The summed E-state index contributed by atoms with van der Waals surface area (Å²) >= 11 is 0. The lowest BCUT2D eigenvalue weighted by atomic mass is 9.96. The van der Waals surface area contributed by atoms with Gasteiger partial charge in [-0.05, 0) is 61.5 Å². The molecule has 1 aliphatic heterocycles. The first-order valence-electron chi connectivity index (χ1n) is 10.7. The third kappa shape index (κ3) is 6.66. The Morgan fingerprint density at radius 2 is 1.70 bits per heavy atom. The molecule has 1 aliphatic rings. The van der Waals surface area contributed by atoms with Crippen molar-refractivity contribution < 1.29 is 14.3 Å². The number of hydrogen-bond acceptors (Lipinski definition) is 4. The highest BCUT2D eigenvalue weighted by molar-refractivity contribution is 5.73. The van der Waals surface area contributed by atoms with Gasteiger partial charge in [0.25, 0.3) is 0 Å². The minimum atomic E-state index is -0.0952. The van der Waals surface area contributed by atoms with Crippen LogP contribution in [0.2, 0.25) is 0 Å². The van der Waals surface area contributed by atoms with E-state index in [0.29, 0.717) is 24.0 Å². The maximum Gasteiger partial charge on any atom is 0.314 e. The van der Waals surface area contributed by atoms with Gasteiger partial charge in [0, 0.05) is 19.6 Å². The highest BCUT2D eigenvalue weighted by Crippen LogP contribution is 2.27. The first kappa shape index (κ1) is 22.0. The third-order valence-electron chi connectivity index (χ3n) is 5.65. The fourth-order valence-corrected chi connectivity index (χ4v) is 3.85. The van der Waals surface area contributed by atoms with E-state index < -0.39 is 0 Å². The number of hydrogen-bond donors (Lipinski definition) is 2. The molecule has 2 aromatic rings. The Morgan fingerprint density at radius 3 is 2.40 bits per heavy atom. The summed E-state index contributed by atoms with van der Waals surface area (Å²) in [5, 5.41) is 5.98. The highest BCUT2D eigenvalue weighted by Gasteiger charge is 2.19. The summed E-state index contributed by atoms with van der Waals surface area (Å²) in [6, 6.07) is 16.3. The molecule has 0 spiro atoms. The topological polar surface area (TPSA) is 62.8 Å². The molecule has 1 heterocycles. The molecule has 2 N–H and O–H groups in total. The lowest BCUT2D eigenvalue weighted by molar-refractivity contribution is 0.175. The van der Waals surface area contributed by atoms with Gasteiger partial charge in [-0.2, -0.15) is 0 Å². The first-order chi connectivity index (χ1) is 14.7. The summed E-state index contributed by atoms with van der Waals surface area (Å²) in [5.41, 5.74) is 2.46. The summed E-state index contributed by atoms with van der Waals surface area (Å²) in [5.74, 6) is 1.97. The van der Waals surface area contributed by atoms with Gasteiger partial charge < -0.3 is 20.1 Å². The average molecular weight is 412 g/mol. The van der Waals surface area contributed by atoms with Gasteiger partial charge in [-0.25, -0.2) is 4.79 Å². The van der Waals surface area contributed by atoms with Crippen LogP contribution in [0.25, 0.3) is 0 Å². The number of likely N-dealkylation sites (tertiary alicyclic amines) is 1. The largest absolute Gasteiger partial charge is 0.493 e. The van der Waals surface area contributed by atoms with E-state index in [4.69, 9.17) is 9.47 Å². The zero-order valence-electron chi connectivity index (χ0n) is 18.0. The quantitative estimate of drug-likeness (QED) is 0.663. The number of carbonyl (C=O) groups excluding carboxylic acids is 1. The summed E-state index contributed by atoms with van der Waals surface area (Å²) < 4.78 is 10.6. The molecule has 0 unspecified atom stereocenters. The summed E-state index contributed by atoms with van der Waals surface area (Å²) in [6.07, 6.45) is 2.99. The smallest absolute Gasteiger partial charge is 0.314 e. The number of carbonyl (C=O) groups is 1. The van der Waals surface area contributed by atoms with Gasteiger partial charge in [-0.15, -0.1) is 0 Å². The minimum Gasteiger partial charge on any atom is -0.493 e. The van der Waals surface area contributed by atoms with E-state index in [1.807, 2.05) is 18.2 Å². The molecular weight excluding hydrogens is 378 g/mol. The summed E-state index contributed by atoms with van der Waals surface area (Å²) in [4.78, 5) is 14.6. The number of nitrogens with one attached hydrogen (secondary N) is 2. The molecule has 1 saturated heterocycles. The van der Waals surface area contributed by atoms with Gasteiger partial charge in [-0.3, -0.25) is 4.90 Å². The van der Waals surface area contributed by atoms with E-state index in [0.717, 1.165) is 51.0 Å². The van der Waals surface area contributed by atoms with Crippen LogP contribution in [0.1, 0.15) is 24.0 Å². The molecule has 0 saturated carbocycles. The molecule has 0 radical (unpaired) electrons. The molecule has 3 rings (SSSR count). The number of rotatable bonds is 9. The third-order valence-corrected chi connectivity index (χ3v) is 5.65. The van der Waals surface area contributed by atoms with E-state index >= 15 is 0 Å². The van der Waals surface area contributed by atoms with Crippen LogP contribution < -0.4 is 20.1 Å². The fourth-order valence-electron chi connectivity index (χ4n) is 3.85. The number of benzene rings is 2. The molecule has 2 amide bonds. The number of nitrogens with zero attached hydrogens (tertiary/aromatic N) is 1. The van der Waals surface area contributed by atoms with Gasteiger partial charge in [0.1, 0.15) is 0 Å². The van der Waals surface area contributed by atoms with Crippen LogP contribution >= 0.6 is 0 Å². The Hall–Kier alpha value is -2.73. The van der Waals surface area contributed by atoms with E-state index in [2.05, 4.69) is 45.9 Å². The first-order valence-corrected chi connectivity index (χ1v) is 10.7. The molecule has 0 aliphatic carbocycles. The predicted molar refractivity (Wildman–Crippen MR) is 119 cm³/mol. The predicted octanol–water partition coefficient (Wildman–Crippen LogP) is 3.46. The van der Waals surface area contributed by atoms with E-state index in [9.17, 15) is 4.79 Å². The Kier molecular flexibility index (Phi) is 8.39. The highest BCUT2D eigenvalue weighted by atomic mass is 16.5. The normalized spacial score (nSPS) is 14.9. The van der Waals surface area contributed by atoms with Gasteiger partial charge in [-0.1, -0.05) is 36.4 Å². The molecule has 6 heteroatoms. The van der Waals surface area contributed by atoms with E-state index in [-0.39, 0.29) is 6.03 Å². The Bertz CT molecular complexity index is 790. The lowest BCUT2D eigenvalue weighted by Crippen LogP contribution is -2.42. The second kappa shape index (κ2) is 11.5. The van der Waals surface area contributed by atoms with Crippen LogP contribution in [0.15, 0.2) is 48.5 Å². The fraction of sp³-hybridized carbons (Fsp3) is 0.458. The van der Waals surface area contributed by atoms with Crippen LogP contribution in [0.4, 0.5) is 4.79 Å². The van der Waals surface area contributed by atoms with Crippen LogP contribution in [0, 0.1) is 5.92 Å². The molecule has 30 heavy (non-hydrogen) atoms. The number of methoxy groups -OCH3 is 2. The van der Waals surface area contributed by atoms with Crippen molar-refractivity contribution in [1.29, 1.82) is 0 Å². The maximum absolute atomic E-state index is 12.1. The zero-order valence-corrected chi connectivity index (χ0v) is 18.0. The van der Waals surface area contributed by atoms with Gasteiger partial charge >= 0.3 is 6.03 Å². The van der Waals surface area contributed by atoms with Crippen LogP contribution in [0.3, 0.4) is 0 Å². The molecule has 0 aromatic heterocycles. The van der Waals surface area contributed by atoms with Crippen LogP contribution in [-0.2, 0) is 13.0 Å². The molecule has 6 nitrogen and oxygen atoms in total. The van der Waals surface area contributed by atoms with Crippen molar-refractivity contribution in [3.05, 3.63) is 59.7 Å². The van der Waals surface area contributed by atoms with Crippen molar-refractivity contribution in [3.63, 3.8) is 0 Å². The second-order valence-electron chi connectivity index (χ2n) is 7.78. The molecule has 0 bridgehead atoms. The monoisotopic (exact) mass is 411 g/mol. The van der Waals surface area contributed by atoms with Crippen molar-refractivity contribution >= 4 is 6.03 Å². The SMILES string of the molecule is COc1ccc(CCNC(=O)NCC2CCN(Cc3ccccc3)CC2)cc1OC. The van der Waals surface area contributed by atoms with E-state index in [1.54, 1.807) is 14.2 Å². The van der Waals surface area contributed by atoms with Crippen molar-refractivity contribution in [2.75, 3.05) is 40.4 Å². The minimum absolute atomic E-state index is 0.0952. The molecular formula is C24H33N3O3. The van der Waals surface area contributed by atoms with Crippen LogP contribution in [-0.4, -0.2) is 51.3 Å². The van der Waals surface area contributed by atoms with Crippen molar-refractivity contribution in [1.82, 2.24) is 15.5 Å². The number of amides is 2. The molecule has 0 atom stereocenters. The van der Waals surface area contributed by atoms with E-state index in [1.165, 1.54) is 5.56 Å². The van der Waals surface area contributed by atoms with Crippen molar-refractivity contribution in [2.45, 2.75) is 25.8 Å². The number of urea groups is 1. The molecule has 162 valence electrons. The van der Waals surface area contributed by atoms with Gasteiger partial charge in [0.15, 0.2) is 11.5 Å². The average Bonchev–Trinajstić information content (AvgIpc) is 2.79. The van der Waals surface area contributed by atoms with Crippen molar-refractivity contribution in [3.8, 4) is 11.5 Å². The zero-order chi connectivity index (χ0) is 21.2. The number of piperidine rings is 1. The standard InChI is InChI=1S/C24H33N3O3/c1-29-22-9-8-19(16-23(22)30-2)10-13-25-24(28)26-17-20-11-14-27(15-12-20)18-21-6-4-3-5-7-21/h3-9,16,20H,10-15,17-18H2,1-2H3,(H2,25,26,28).